The van der Waals surface area contributed by atoms with E-state index in [0.717, 1.165) is 28.0 Å². The minimum Gasteiger partial charge on any atom is -0.479 e. The first-order chi connectivity index (χ1) is 19.5. The third-order valence-corrected chi connectivity index (χ3v) is 8.76. The maximum absolute atomic E-state index is 13.1. The molecule has 41 heavy (non-hydrogen) atoms. The molecule has 1 unspecified atom stereocenters. The van der Waals surface area contributed by atoms with E-state index in [0.29, 0.717) is 10.7 Å². The van der Waals surface area contributed by atoms with Gasteiger partial charge >= 0.3 is 17.1 Å². The van der Waals surface area contributed by atoms with E-state index in [2.05, 4.69) is 20.4 Å². The van der Waals surface area contributed by atoms with Crippen LogP contribution in [0.4, 0.5) is 10.9 Å². The fourth-order valence-corrected chi connectivity index (χ4v) is 6.84. The van der Waals surface area contributed by atoms with Crippen molar-refractivity contribution < 1.29 is 43.5 Å². The van der Waals surface area contributed by atoms with Gasteiger partial charge in [0.1, 0.15) is 29.4 Å². The number of nitrogens with one attached hydrogen (secondary N) is 1. The van der Waals surface area contributed by atoms with Crippen LogP contribution in [0.25, 0.3) is 0 Å². The minimum absolute atomic E-state index is 0.0839. The number of β-lactam (4-membered cyclic amide) rings is 1. The van der Waals surface area contributed by atoms with Crippen LogP contribution >= 0.6 is 34.9 Å². The summed E-state index contributed by atoms with van der Waals surface area (Å²) in [6.07, 6.45) is 0. The molecule has 2 atom stereocenters. The molecule has 0 spiro atoms. The molecule has 2 aliphatic heterocycles. The fourth-order valence-electron chi connectivity index (χ4n) is 3.82. The summed E-state index contributed by atoms with van der Waals surface area (Å²) in [5.41, 5.74) is 11.8. The standard InChI is InChI=1S/C22H24N8O8S3/c1-3-38-28-14(10-8-40-21(24)25-10)17(33)27-15-18(34)30-16(20(35)36)9(6-39-19(15)30)7-41-22-26-11(23)4-12(29(22)2)37-5-13(31)32/h4,8,15,19,23H,3,5-7H2,1-2H3,(H5,24,25,27,31,32,33,35,36)/p+1/b28-14-/t15?,19-/m1/s1. The number of aliphatic carboxylic acids is 2. The van der Waals surface area contributed by atoms with E-state index in [9.17, 15) is 24.3 Å². The van der Waals surface area contributed by atoms with Crippen LogP contribution in [0.2, 0.25) is 0 Å². The lowest BCUT2D eigenvalue weighted by atomic mass is 10.0. The molecule has 0 bridgehead atoms. The number of hydrogen-bond donors (Lipinski definition) is 5. The van der Waals surface area contributed by atoms with E-state index in [1.807, 2.05) is 0 Å². The zero-order valence-corrected chi connectivity index (χ0v) is 24.0. The number of thioether (sulfide) groups is 2. The van der Waals surface area contributed by atoms with Gasteiger partial charge in [-0.2, -0.15) is 4.57 Å². The zero-order chi connectivity index (χ0) is 29.8. The van der Waals surface area contributed by atoms with Gasteiger partial charge in [0.2, 0.25) is 5.82 Å². The molecular formula is C22H25N8O8S3+. The highest BCUT2D eigenvalue weighted by molar-refractivity contribution is 8.01. The molecule has 0 radical (unpaired) electrons. The summed E-state index contributed by atoms with van der Waals surface area (Å²) in [5.74, 6) is -3.13. The predicted octanol–water partition coefficient (Wildman–Crippen LogP) is -0.738. The number of nitrogen functional groups attached to an aromatic ring is 2. The number of carbonyl (C=O) groups is 4. The summed E-state index contributed by atoms with van der Waals surface area (Å²) in [5, 5.41) is 26.7. The van der Waals surface area contributed by atoms with Gasteiger partial charge in [0, 0.05) is 16.9 Å². The van der Waals surface area contributed by atoms with Gasteiger partial charge in [-0.25, -0.2) is 14.6 Å². The van der Waals surface area contributed by atoms with Gasteiger partial charge in [-0.05, 0) is 29.2 Å². The average molecular weight is 626 g/mol. The number of carboxylic acid groups (broad SMARTS) is 2. The quantitative estimate of drug-likeness (QED) is 0.0488. The topological polar surface area (TPSA) is 237 Å². The lowest BCUT2D eigenvalue weighted by molar-refractivity contribution is -0.717. The van der Waals surface area contributed by atoms with Crippen LogP contribution < -0.4 is 26.1 Å². The molecule has 4 rings (SSSR count). The number of amides is 2. The zero-order valence-electron chi connectivity index (χ0n) is 21.6. The third-order valence-electron chi connectivity index (χ3n) is 5.63. The number of aromatic nitrogens is 3. The number of thiazole rings is 1. The minimum atomic E-state index is -1.30. The third kappa shape index (κ3) is 6.46. The van der Waals surface area contributed by atoms with E-state index in [-0.39, 0.29) is 52.0 Å². The van der Waals surface area contributed by atoms with Gasteiger partial charge in [-0.3, -0.25) is 14.5 Å². The van der Waals surface area contributed by atoms with Gasteiger partial charge < -0.3 is 36.6 Å². The smallest absolute Gasteiger partial charge is 0.364 e. The molecular weight excluding hydrogens is 600 g/mol. The van der Waals surface area contributed by atoms with Crippen molar-refractivity contribution in [2.75, 3.05) is 36.2 Å². The molecule has 7 N–H and O–H groups in total. The molecule has 0 saturated carbocycles. The number of anilines is 2. The number of carboxylic acids is 2. The second kappa shape index (κ2) is 12.6. The number of hydrogen-bond acceptors (Lipinski definition) is 14. The molecule has 2 aromatic heterocycles. The Morgan fingerprint density at radius 2 is 2.07 bits per heavy atom. The van der Waals surface area contributed by atoms with Crippen LogP contribution in [0.3, 0.4) is 0 Å². The van der Waals surface area contributed by atoms with Crippen LogP contribution in [0, 0.1) is 0 Å². The van der Waals surface area contributed by atoms with Crippen LogP contribution in [-0.4, -0.2) is 90.7 Å². The molecule has 1 fully saturated rings. The van der Waals surface area contributed by atoms with Crippen molar-refractivity contribution in [1.29, 1.82) is 0 Å². The van der Waals surface area contributed by atoms with Crippen molar-refractivity contribution in [3.8, 4) is 5.88 Å². The Bertz CT molecular complexity index is 1460. The summed E-state index contributed by atoms with van der Waals surface area (Å²) in [6, 6.07) is 0.373. The second-order valence-corrected chi connectivity index (χ2v) is 11.3. The molecule has 16 nitrogen and oxygen atoms in total. The van der Waals surface area contributed by atoms with Crippen LogP contribution in [-0.2, 0) is 31.1 Å². The summed E-state index contributed by atoms with van der Waals surface area (Å²) < 4.78 is 6.73. The first-order valence-electron chi connectivity index (χ1n) is 11.8. The Balaban J connectivity index is 1.50. The molecule has 1 saturated heterocycles. The number of nitrogens with two attached hydrogens (primary N) is 2. The van der Waals surface area contributed by atoms with Gasteiger partial charge in [0.05, 0.1) is 13.1 Å². The Labute approximate surface area is 244 Å². The molecule has 0 aromatic carbocycles. The molecule has 0 aliphatic carbocycles. The van der Waals surface area contributed by atoms with Crippen LogP contribution in [0.1, 0.15) is 12.6 Å². The van der Waals surface area contributed by atoms with E-state index >= 15 is 0 Å². The summed E-state index contributed by atoms with van der Waals surface area (Å²) in [4.78, 5) is 63.7. The Kier molecular flexibility index (Phi) is 9.18. The van der Waals surface area contributed by atoms with Gasteiger partial charge in [0.15, 0.2) is 17.5 Å². The number of oxime groups is 1. The molecule has 2 aliphatic rings. The van der Waals surface area contributed by atoms with Crippen molar-refractivity contribution in [3.63, 3.8) is 0 Å². The molecule has 218 valence electrons. The summed E-state index contributed by atoms with van der Waals surface area (Å²) in [7, 11) is 1.60. The van der Waals surface area contributed by atoms with E-state index in [1.54, 1.807) is 14.0 Å². The lowest BCUT2D eigenvalue weighted by Crippen LogP contribution is -2.71. The largest absolute Gasteiger partial charge is 0.479 e. The molecule has 2 amide bonds. The monoisotopic (exact) mass is 625 g/mol. The maximum Gasteiger partial charge on any atom is 0.364 e. The van der Waals surface area contributed by atoms with Crippen molar-refractivity contribution in [2.45, 2.75) is 23.5 Å². The fraction of sp³-hybridized carbons (Fsp3) is 0.364. The highest BCUT2D eigenvalue weighted by Crippen LogP contribution is 2.41. The van der Waals surface area contributed by atoms with Crippen molar-refractivity contribution >= 4 is 75.3 Å². The normalized spacial score (nSPS) is 18.4. The maximum atomic E-state index is 13.1. The Morgan fingerprint density at radius 1 is 1.32 bits per heavy atom. The Morgan fingerprint density at radius 3 is 2.71 bits per heavy atom. The molecule has 19 heteroatoms. The number of rotatable bonds is 12. The number of ether oxygens (including phenoxy) is 1. The highest BCUT2D eigenvalue weighted by Gasteiger charge is 2.54. The molecule has 2 aromatic rings. The Hall–Kier alpha value is -4.10. The summed E-state index contributed by atoms with van der Waals surface area (Å²) in [6.45, 7) is 1.29. The van der Waals surface area contributed by atoms with Crippen molar-refractivity contribution in [1.82, 2.24) is 20.2 Å². The van der Waals surface area contributed by atoms with Crippen LogP contribution in [0.15, 0.2) is 33.0 Å². The average Bonchev–Trinajstić information content (AvgIpc) is 3.36. The van der Waals surface area contributed by atoms with Crippen molar-refractivity contribution in [2.24, 2.45) is 12.2 Å². The number of carbonyl (C=O) groups excluding carboxylic acids is 2. The summed E-state index contributed by atoms with van der Waals surface area (Å²) >= 11 is 3.54. The second-order valence-electron chi connectivity index (χ2n) is 8.38. The van der Waals surface area contributed by atoms with Gasteiger partial charge in [-0.1, -0.05) is 5.16 Å². The van der Waals surface area contributed by atoms with E-state index < -0.39 is 41.8 Å². The van der Waals surface area contributed by atoms with Gasteiger partial charge in [0.25, 0.3) is 17.7 Å². The number of fused-ring (bicyclic) bond motifs is 1. The lowest BCUT2D eigenvalue weighted by Gasteiger charge is -2.49. The van der Waals surface area contributed by atoms with Crippen LogP contribution in [0.5, 0.6) is 5.88 Å². The van der Waals surface area contributed by atoms with E-state index in [1.165, 1.54) is 27.8 Å². The highest BCUT2D eigenvalue weighted by atomic mass is 32.2. The van der Waals surface area contributed by atoms with Gasteiger partial charge in [-0.15, -0.1) is 23.1 Å². The number of nitrogens with zero attached hydrogens (tertiary/aromatic N) is 5. The van der Waals surface area contributed by atoms with Crippen molar-refractivity contribution in [3.05, 3.63) is 28.4 Å². The predicted molar refractivity (Wildman–Crippen MR) is 148 cm³/mol. The first-order valence-corrected chi connectivity index (χ1v) is 14.7. The SMILES string of the molecule is CCO/N=C(\C(=O)NC1C(=O)N2C(C(=O)O)=C(CSc3nc(N)cc(OCC(=O)O)[n+]3C)CS[C@H]12)c1csc(N)n1. The molecule has 4 heterocycles. The van der Waals surface area contributed by atoms with E-state index in [4.69, 9.17) is 26.1 Å². The first kappa shape index (κ1) is 29.9.